The zero-order chi connectivity index (χ0) is 6.69. The molecule has 0 aromatic carbocycles. The van der Waals surface area contributed by atoms with Crippen molar-refractivity contribution in [3.8, 4) is 0 Å². The minimum absolute atomic E-state index is 0.593. The summed E-state index contributed by atoms with van der Waals surface area (Å²) in [4.78, 5) is 0. The zero-order valence-electron chi connectivity index (χ0n) is 5.04. The molecule has 1 rings (SSSR count). The fraction of sp³-hybridized carbons (Fsp3) is 0.400. The molecule has 0 unspecified atom stereocenters. The van der Waals surface area contributed by atoms with E-state index in [2.05, 4.69) is 28.0 Å². The largest absolute Gasteiger partial charge is 0.378 e. The van der Waals surface area contributed by atoms with Crippen molar-refractivity contribution in [1.29, 1.82) is 0 Å². The van der Waals surface area contributed by atoms with Gasteiger partial charge in [-0.1, -0.05) is 0 Å². The molecule has 0 atom stereocenters. The van der Waals surface area contributed by atoms with Crippen LogP contribution in [0.5, 0.6) is 0 Å². The lowest BCUT2D eigenvalue weighted by Crippen LogP contribution is -1.88. The predicted molar refractivity (Wildman–Crippen MR) is 42.4 cm³/mol. The molecule has 1 aromatic heterocycles. The van der Waals surface area contributed by atoms with E-state index in [0.717, 1.165) is 5.69 Å². The molecule has 0 saturated carbocycles. The first kappa shape index (κ1) is 7.01. The highest BCUT2D eigenvalue weighted by atomic mass is 127. The first-order valence-electron chi connectivity index (χ1n) is 2.52. The molecule has 50 valence electrons. The van der Waals surface area contributed by atoms with Gasteiger partial charge in [0.05, 0.1) is 35.2 Å². The van der Waals surface area contributed by atoms with Crippen LogP contribution in [0, 0.1) is 0 Å². The van der Waals surface area contributed by atoms with Crippen molar-refractivity contribution in [2.45, 2.75) is 6.61 Å². The molecule has 0 spiro atoms. The summed E-state index contributed by atoms with van der Waals surface area (Å²) < 4.78 is 6.59. The van der Waals surface area contributed by atoms with Crippen molar-refractivity contribution < 1.29 is 4.74 Å². The Kier molecular flexibility index (Phi) is 2.47. The molecule has 0 aliphatic rings. The van der Waals surface area contributed by atoms with Crippen LogP contribution in [-0.4, -0.2) is 15.1 Å². The van der Waals surface area contributed by atoms with Crippen molar-refractivity contribution in [3.05, 3.63) is 18.0 Å². The maximum Gasteiger partial charge on any atom is 0.0902 e. The van der Waals surface area contributed by atoms with Crippen LogP contribution in [-0.2, 0) is 11.3 Å². The van der Waals surface area contributed by atoms with Crippen molar-refractivity contribution in [2.24, 2.45) is 0 Å². The summed E-state index contributed by atoms with van der Waals surface area (Å²) >= 11 is 2.09. The molecule has 0 saturated heterocycles. The molecule has 0 N–H and O–H groups in total. The lowest BCUT2D eigenvalue weighted by atomic mass is 10.5. The van der Waals surface area contributed by atoms with Crippen molar-refractivity contribution in [3.63, 3.8) is 0 Å². The molecule has 1 heterocycles. The van der Waals surface area contributed by atoms with Crippen molar-refractivity contribution in [2.75, 3.05) is 7.11 Å². The molecule has 0 fully saturated rings. The number of hydrogen-bond acceptors (Lipinski definition) is 2. The van der Waals surface area contributed by atoms with Gasteiger partial charge in [0.1, 0.15) is 0 Å². The van der Waals surface area contributed by atoms with Crippen LogP contribution in [0.3, 0.4) is 0 Å². The van der Waals surface area contributed by atoms with Gasteiger partial charge < -0.3 is 4.74 Å². The van der Waals surface area contributed by atoms with E-state index < -0.39 is 0 Å². The van der Waals surface area contributed by atoms with Crippen LogP contribution in [0.2, 0.25) is 0 Å². The van der Waals surface area contributed by atoms with Gasteiger partial charge in [-0.25, -0.2) is 2.90 Å². The summed E-state index contributed by atoms with van der Waals surface area (Å²) in [7, 11) is 1.66. The van der Waals surface area contributed by atoms with Gasteiger partial charge in [-0.05, 0) is 6.07 Å². The number of aromatic nitrogens is 2. The van der Waals surface area contributed by atoms with Crippen LogP contribution in [0.15, 0.2) is 12.3 Å². The van der Waals surface area contributed by atoms with Crippen molar-refractivity contribution >= 4 is 22.9 Å². The van der Waals surface area contributed by atoms with Gasteiger partial charge >= 0.3 is 0 Å². The fourth-order valence-corrected chi connectivity index (χ4v) is 1.000. The summed E-state index contributed by atoms with van der Waals surface area (Å²) in [6.45, 7) is 0.593. The van der Waals surface area contributed by atoms with E-state index in [9.17, 15) is 0 Å². The smallest absolute Gasteiger partial charge is 0.0902 e. The van der Waals surface area contributed by atoms with E-state index in [0.29, 0.717) is 6.61 Å². The Hall–Kier alpha value is -0.100. The van der Waals surface area contributed by atoms with Crippen LogP contribution >= 0.6 is 22.9 Å². The first-order chi connectivity index (χ1) is 4.33. The van der Waals surface area contributed by atoms with E-state index in [1.165, 1.54) is 0 Å². The lowest BCUT2D eigenvalue weighted by Gasteiger charge is -1.89. The normalized spacial score (nSPS) is 10.0. The van der Waals surface area contributed by atoms with Crippen molar-refractivity contribution in [1.82, 2.24) is 7.99 Å². The second-order valence-electron chi connectivity index (χ2n) is 1.63. The molecule has 3 nitrogen and oxygen atoms in total. The quantitative estimate of drug-likeness (QED) is 0.724. The predicted octanol–water partition coefficient (Wildman–Crippen LogP) is 1.23. The van der Waals surface area contributed by atoms with Crippen LogP contribution in [0.1, 0.15) is 5.69 Å². The lowest BCUT2D eigenvalue weighted by molar-refractivity contribution is 0.181. The molecule has 0 bridgehead atoms. The minimum Gasteiger partial charge on any atom is -0.378 e. The number of methoxy groups -OCH3 is 1. The van der Waals surface area contributed by atoms with Gasteiger partial charge in [-0.2, -0.15) is 5.10 Å². The number of halogens is 1. The molecular formula is C5H7IN2O. The van der Waals surface area contributed by atoms with E-state index >= 15 is 0 Å². The highest BCUT2D eigenvalue weighted by Gasteiger charge is 1.93. The third-order valence-electron chi connectivity index (χ3n) is 0.906. The Bertz CT molecular complexity index is 187. The summed E-state index contributed by atoms with van der Waals surface area (Å²) in [6.07, 6.45) is 1.88. The maximum absolute atomic E-state index is 4.86. The van der Waals surface area contributed by atoms with Gasteiger partial charge in [-0.3, -0.25) is 0 Å². The molecule has 9 heavy (non-hydrogen) atoms. The summed E-state index contributed by atoms with van der Waals surface area (Å²) in [5, 5.41) is 4.08. The molecular weight excluding hydrogens is 231 g/mol. The first-order valence-corrected chi connectivity index (χ1v) is 3.49. The standard InChI is InChI=1S/C5H7IN2O/c1-9-4-5-2-3-8(6)7-5/h2-3H,4H2,1H3. The van der Waals surface area contributed by atoms with Gasteiger partial charge in [0.2, 0.25) is 0 Å². The number of nitrogens with zero attached hydrogens (tertiary/aromatic N) is 2. The average molecular weight is 238 g/mol. The van der Waals surface area contributed by atoms with Crippen LogP contribution < -0.4 is 0 Å². The highest BCUT2D eigenvalue weighted by molar-refractivity contribution is 14.1. The van der Waals surface area contributed by atoms with Crippen LogP contribution in [0.25, 0.3) is 0 Å². The Morgan fingerprint density at radius 1 is 1.89 bits per heavy atom. The minimum atomic E-state index is 0.593. The van der Waals surface area contributed by atoms with E-state index in [1.807, 2.05) is 12.3 Å². The molecule has 0 radical (unpaired) electrons. The molecule has 4 heteroatoms. The fourth-order valence-electron chi connectivity index (χ4n) is 0.562. The third-order valence-corrected chi connectivity index (χ3v) is 1.44. The number of rotatable bonds is 2. The molecule has 0 aliphatic carbocycles. The van der Waals surface area contributed by atoms with Gasteiger partial charge in [0.25, 0.3) is 0 Å². The second-order valence-corrected chi connectivity index (χ2v) is 2.62. The average Bonchev–Trinajstić information content (AvgIpc) is 2.17. The summed E-state index contributed by atoms with van der Waals surface area (Å²) in [6, 6.07) is 1.93. The monoisotopic (exact) mass is 238 g/mol. The Balaban J connectivity index is 2.61. The van der Waals surface area contributed by atoms with Gasteiger partial charge in [0, 0.05) is 13.3 Å². The number of hydrogen-bond donors (Lipinski definition) is 0. The topological polar surface area (TPSA) is 27.1 Å². The highest BCUT2D eigenvalue weighted by Crippen LogP contribution is 1.98. The molecule has 0 amide bonds. The molecule has 1 aromatic rings. The summed E-state index contributed by atoms with van der Waals surface area (Å²) in [5.41, 5.74) is 0.965. The zero-order valence-corrected chi connectivity index (χ0v) is 7.20. The number of ether oxygens (including phenoxy) is 1. The Labute approximate surface area is 67.5 Å². The van der Waals surface area contributed by atoms with Crippen LogP contribution in [0.4, 0.5) is 0 Å². The van der Waals surface area contributed by atoms with Gasteiger partial charge in [0.15, 0.2) is 0 Å². The SMILES string of the molecule is COCc1ccn(I)n1. The van der Waals surface area contributed by atoms with E-state index in [4.69, 9.17) is 4.74 Å². The Morgan fingerprint density at radius 2 is 2.67 bits per heavy atom. The maximum atomic E-state index is 4.86. The Morgan fingerprint density at radius 3 is 3.11 bits per heavy atom. The third kappa shape index (κ3) is 1.94. The summed E-state index contributed by atoms with van der Waals surface area (Å²) in [5.74, 6) is 0. The van der Waals surface area contributed by atoms with Gasteiger partial charge in [-0.15, -0.1) is 0 Å². The van der Waals surface area contributed by atoms with E-state index in [-0.39, 0.29) is 0 Å². The molecule has 0 aliphatic heterocycles. The second kappa shape index (κ2) is 3.17. The van der Waals surface area contributed by atoms with E-state index in [1.54, 1.807) is 10.0 Å².